The van der Waals surface area contributed by atoms with Crippen molar-refractivity contribution in [2.45, 2.75) is 76.5 Å². The van der Waals surface area contributed by atoms with Gasteiger partial charge in [0.05, 0.1) is 24.7 Å². The second-order valence-electron chi connectivity index (χ2n) is 8.29. The second-order valence-corrected chi connectivity index (χ2v) is 8.29. The van der Waals surface area contributed by atoms with Gasteiger partial charge < -0.3 is 19.5 Å². The number of carbonyl (C=O) groups is 3. The summed E-state index contributed by atoms with van der Waals surface area (Å²) in [5.41, 5.74) is 1.10. The minimum Gasteiger partial charge on any atom is -0.548 e. The smallest absolute Gasteiger partial charge is 0.548 e. The molecule has 0 aromatic heterocycles. The van der Waals surface area contributed by atoms with E-state index in [1.807, 2.05) is 30.3 Å². The topological polar surface area (TPSA) is 98.8 Å². The van der Waals surface area contributed by atoms with E-state index in [2.05, 4.69) is 5.32 Å². The number of fused-ring (bicyclic) bond motifs is 1. The number of aliphatic carboxylic acids is 1. The van der Waals surface area contributed by atoms with Crippen LogP contribution in [0.4, 0.5) is 0 Å². The number of nitrogens with zero attached hydrogens (tertiary/aromatic N) is 1. The van der Waals surface area contributed by atoms with Gasteiger partial charge in [0.25, 0.3) is 0 Å². The van der Waals surface area contributed by atoms with E-state index in [-0.39, 0.29) is 54.0 Å². The normalized spacial score (nSPS) is 24.1. The summed E-state index contributed by atoms with van der Waals surface area (Å²) in [6.07, 6.45) is 4.37. The second kappa shape index (κ2) is 12.0. The maximum Gasteiger partial charge on any atom is 1.00 e. The Balaban J connectivity index is 0.00000341. The number of carboxylic acid groups (broad SMARTS) is 1. The van der Waals surface area contributed by atoms with Gasteiger partial charge in [-0.3, -0.25) is 14.9 Å². The quantitative estimate of drug-likeness (QED) is 0.356. The van der Waals surface area contributed by atoms with Crippen LogP contribution in [0.15, 0.2) is 30.3 Å². The zero-order valence-corrected chi connectivity index (χ0v) is 20.7. The van der Waals surface area contributed by atoms with E-state index in [4.69, 9.17) is 4.74 Å². The zero-order valence-electron chi connectivity index (χ0n) is 18.7. The molecule has 0 spiro atoms. The van der Waals surface area contributed by atoms with Crippen LogP contribution in [-0.2, 0) is 25.5 Å². The molecule has 8 heteroatoms. The van der Waals surface area contributed by atoms with Crippen molar-refractivity contribution in [3.8, 4) is 0 Å². The third kappa shape index (κ3) is 6.31. The van der Waals surface area contributed by atoms with Crippen LogP contribution in [0.5, 0.6) is 0 Å². The SMILES string of the molecule is CCOC(=O)[C@H](CCc1ccccc1)N[C@@H](C)C(=O)N1[C@H](C(=O)[O-])C[C@@H]2CCC[C@@H]21.[Na+]. The molecule has 31 heavy (non-hydrogen) atoms. The fourth-order valence-electron chi connectivity index (χ4n) is 4.88. The molecule has 1 saturated heterocycles. The van der Waals surface area contributed by atoms with Gasteiger partial charge in [0.15, 0.2) is 0 Å². The molecular formula is C23H31N2NaO5. The van der Waals surface area contributed by atoms with Crippen LogP contribution in [-0.4, -0.2) is 53.5 Å². The van der Waals surface area contributed by atoms with Gasteiger partial charge in [0.1, 0.15) is 6.04 Å². The van der Waals surface area contributed by atoms with E-state index in [9.17, 15) is 19.5 Å². The van der Waals surface area contributed by atoms with Crippen molar-refractivity contribution in [3.63, 3.8) is 0 Å². The molecule has 0 radical (unpaired) electrons. The maximum atomic E-state index is 13.2. The molecule has 0 unspecified atom stereocenters. The summed E-state index contributed by atoms with van der Waals surface area (Å²) in [7, 11) is 0. The Bertz CT molecular complexity index is 760. The van der Waals surface area contributed by atoms with Crippen LogP contribution < -0.4 is 40.0 Å². The third-order valence-corrected chi connectivity index (χ3v) is 6.32. The Morgan fingerprint density at radius 3 is 2.58 bits per heavy atom. The van der Waals surface area contributed by atoms with Gasteiger partial charge >= 0.3 is 35.5 Å². The molecule has 1 saturated carbocycles. The van der Waals surface area contributed by atoms with Crippen LogP contribution in [0.1, 0.15) is 51.5 Å². The predicted molar refractivity (Wildman–Crippen MR) is 109 cm³/mol. The molecule has 1 amide bonds. The number of aryl methyl sites for hydroxylation is 1. The molecule has 5 atom stereocenters. The molecule has 164 valence electrons. The number of nitrogens with one attached hydrogen (secondary N) is 1. The first-order valence-corrected chi connectivity index (χ1v) is 10.9. The Morgan fingerprint density at radius 2 is 1.94 bits per heavy atom. The molecular weight excluding hydrogens is 407 g/mol. The van der Waals surface area contributed by atoms with E-state index in [0.717, 1.165) is 24.8 Å². The largest absolute Gasteiger partial charge is 1.00 e. The van der Waals surface area contributed by atoms with E-state index in [0.29, 0.717) is 19.3 Å². The summed E-state index contributed by atoms with van der Waals surface area (Å²) >= 11 is 0. The molecule has 1 aliphatic carbocycles. The van der Waals surface area contributed by atoms with Gasteiger partial charge in [-0.05, 0) is 57.4 Å². The molecule has 1 N–H and O–H groups in total. The van der Waals surface area contributed by atoms with Gasteiger partial charge in [-0.2, -0.15) is 0 Å². The number of hydrogen-bond donors (Lipinski definition) is 1. The standard InChI is InChI=1S/C23H32N2O5.Na/c1-3-30-23(29)18(13-12-16-8-5-4-6-9-16)24-15(2)21(26)25-19-11-7-10-17(19)14-20(25)22(27)28;/h4-6,8-9,15,17-20,24H,3,7,10-14H2,1-2H3,(H,27,28);/q;+1/p-1/t15-,17-,18-,19-,20-;/m0./s1. The van der Waals surface area contributed by atoms with Crippen molar-refractivity contribution in [1.82, 2.24) is 10.2 Å². The summed E-state index contributed by atoms with van der Waals surface area (Å²) in [5, 5.41) is 14.8. The minimum absolute atomic E-state index is 0. The van der Waals surface area contributed by atoms with Crippen LogP contribution in [0, 0.1) is 5.92 Å². The third-order valence-electron chi connectivity index (χ3n) is 6.32. The van der Waals surface area contributed by atoms with Gasteiger partial charge in [-0.25, -0.2) is 0 Å². The number of benzene rings is 1. The van der Waals surface area contributed by atoms with Crippen molar-refractivity contribution in [1.29, 1.82) is 0 Å². The van der Waals surface area contributed by atoms with Gasteiger partial charge in [0.2, 0.25) is 5.91 Å². The van der Waals surface area contributed by atoms with Crippen molar-refractivity contribution in [3.05, 3.63) is 35.9 Å². The number of hydrogen-bond acceptors (Lipinski definition) is 6. The minimum atomic E-state index is -1.20. The summed E-state index contributed by atoms with van der Waals surface area (Å²) in [6.45, 7) is 3.69. The molecule has 2 aliphatic rings. The van der Waals surface area contributed by atoms with Gasteiger partial charge in [0, 0.05) is 6.04 Å². The Morgan fingerprint density at radius 1 is 1.23 bits per heavy atom. The fourth-order valence-corrected chi connectivity index (χ4v) is 4.88. The van der Waals surface area contributed by atoms with E-state index >= 15 is 0 Å². The molecule has 0 bridgehead atoms. The van der Waals surface area contributed by atoms with E-state index in [1.165, 1.54) is 4.90 Å². The molecule has 1 aromatic rings. The Hall–Kier alpha value is -1.41. The number of ether oxygens (including phenoxy) is 1. The molecule has 3 rings (SSSR count). The van der Waals surface area contributed by atoms with Crippen LogP contribution in [0.25, 0.3) is 0 Å². The number of amides is 1. The summed E-state index contributed by atoms with van der Waals surface area (Å²) in [4.78, 5) is 38.8. The van der Waals surface area contributed by atoms with Crippen molar-refractivity contribution >= 4 is 17.8 Å². The van der Waals surface area contributed by atoms with Crippen molar-refractivity contribution in [2.75, 3.05) is 6.61 Å². The summed E-state index contributed by atoms with van der Waals surface area (Å²) < 4.78 is 5.20. The van der Waals surface area contributed by atoms with Crippen LogP contribution >= 0.6 is 0 Å². The first-order chi connectivity index (χ1) is 14.4. The average molecular weight is 439 g/mol. The molecule has 1 aromatic carbocycles. The maximum absolute atomic E-state index is 13.2. The summed E-state index contributed by atoms with van der Waals surface area (Å²) in [5.74, 6) is -1.66. The number of rotatable bonds is 9. The zero-order chi connectivity index (χ0) is 21.7. The first kappa shape index (κ1) is 25.8. The monoisotopic (exact) mass is 438 g/mol. The number of carbonyl (C=O) groups excluding carboxylic acids is 3. The first-order valence-electron chi connectivity index (χ1n) is 10.9. The Labute approximate surface area is 206 Å². The summed E-state index contributed by atoms with van der Waals surface area (Å²) in [6, 6.07) is 7.53. The molecule has 1 aliphatic heterocycles. The molecule has 2 fully saturated rings. The van der Waals surface area contributed by atoms with Gasteiger partial charge in [-0.1, -0.05) is 36.8 Å². The number of likely N-dealkylation sites (tertiary alicyclic amines) is 1. The number of esters is 1. The van der Waals surface area contributed by atoms with E-state index in [1.54, 1.807) is 13.8 Å². The fraction of sp³-hybridized carbons (Fsp3) is 0.609. The predicted octanol–water partition coefficient (Wildman–Crippen LogP) is -1.95. The molecule has 1 heterocycles. The van der Waals surface area contributed by atoms with Gasteiger partial charge in [-0.15, -0.1) is 0 Å². The average Bonchev–Trinajstić information content (AvgIpc) is 3.32. The number of carboxylic acids is 1. The molecule has 7 nitrogen and oxygen atoms in total. The Kier molecular flexibility index (Phi) is 10.0. The van der Waals surface area contributed by atoms with E-state index < -0.39 is 30.1 Å². The van der Waals surface area contributed by atoms with Crippen molar-refractivity contribution < 1.29 is 53.8 Å². The van der Waals surface area contributed by atoms with Crippen molar-refractivity contribution in [2.24, 2.45) is 5.92 Å². The van der Waals surface area contributed by atoms with Crippen LogP contribution in [0.3, 0.4) is 0 Å². The van der Waals surface area contributed by atoms with Crippen LogP contribution in [0.2, 0.25) is 0 Å².